The monoisotopic (exact) mass is 258 g/mol. The van der Waals surface area contributed by atoms with E-state index in [0.29, 0.717) is 0 Å². The van der Waals surface area contributed by atoms with Gasteiger partial charge in [0.15, 0.2) is 5.84 Å². The lowest BCUT2D eigenvalue weighted by Crippen LogP contribution is -2.23. The molecule has 1 aromatic heterocycles. The van der Waals surface area contributed by atoms with Crippen molar-refractivity contribution in [2.24, 2.45) is 4.99 Å². The Kier molecular flexibility index (Phi) is 2.56. The molecule has 0 saturated heterocycles. The molecule has 1 aliphatic heterocycles. The Hall–Kier alpha value is -1.88. The van der Waals surface area contributed by atoms with Crippen LogP contribution in [0, 0.1) is 6.92 Å². The van der Waals surface area contributed by atoms with Gasteiger partial charge in [0, 0.05) is 14.1 Å². The van der Waals surface area contributed by atoms with Crippen molar-refractivity contribution >= 4 is 33.5 Å². The normalized spacial score (nSPS) is 12.9. The number of aryl methyl sites for hydroxylation is 1. The highest BCUT2D eigenvalue weighted by molar-refractivity contribution is 7.16. The van der Waals surface area contributed by atoms with E-state index in [9.17, 15) is 0 Å². The summed E-state index contributed by atoms with van der Waals surface area (Å²) < 4.78 is 0. The number of fused-ring (bicyclic) bond motifs is 2. The van der Waals surface area contributed by atoms with Gasteiger partial charge in [-0.05, 0) is 19.1 Å². The van der Waals surface area contributed by atoms with Crippen molar-refractivity contribution < 1.29 is 0 Å². The Morgan fingerprint density at radius 1 is 1.22 bits per heavy atom. The van der Waals surface area contributed by atoms with Crippen molar-refractivity contribution in [1.29, 1.82) is 0 Å². The molecule has 0 radical (unpaired) electrons. The van der Waals surface area contributed by atoms with E-state index in [-0.39, 0.29) is 0 Å². The van der Waals surface area contributed by atoms with Crippen molar-refractivity contribution in [3.05, 3.63) is 35.0 Å². The fraction of sp³-hybridized carbons (Fsp3) is 0.231. The van der Waals surface area contributed by atoms with Crippen LogP contribution in [0.4, 0.5) is 16.4 Å². The molecule has 0 bridgehead atoms. The largest absolute Gasteiger partial charge is 0.361 e. The molecule has 2 heterocycles. The third-order valence-corrected chi connectivity index (χ3v) is 3.63. The maximum atomic E-state index is 4.72. The molecule has 0 amide bonds. The summed E-state index contributed by atoms with van der Waals surface area (Å²) in [6.45, 7) is 2.01. The highest BCUT2D eigenvalue weighted by Crippen LogP contribution is 2.36. The molecule has 0 fully saturated rings. The first-order valence-corrected chi connectivity index (χ1v) is 6.56. The zero-order valence-corrected chi connectivity index (χ0v) is 11.4. The van der Waals surface area contributed by atoms with Crippen LogP contribution in [0.15, 0.2) is 29.3 Å². The number of aliphatic imine (C=N–C) groups is 1. The second kappa shape index (κ2) is 4.10. The van der Waals surface area contributed by atoms with Crippen molar-refractivity contribution in [2.45, 2.75) is 6.92 Å². The third kappa shape index (κ3) is 1.76. The molecule has 3 rings (SSSR count). The zero-order chi connectivity index (χ0) is 12.7. The second-order valence-corrected chi connectivity index (χ2v) is 5.59. The van der Waals surface area contributed by atoms with Crippen molar-refractivity contribution in [1.82, 2.24) is 9.88 Å². The molecular formula is C13H14N4S. The first-order chi connectivity index (χ1) is 8.65. The van der Waals surface area contributed by atoms with Gasteiger partial charge < -0.3 is 10.2 Å². The maximum Gasteiger partial charge on any atom is 0.157 e. The minimum absolute atomic E-state index is 0.895. The number of amidine groups is 1. The molecule has 1 aliphatic rings. The van der Waals surface area contributed by atoms with Crippen molar-refractivity contribution in [2.75, 3.05) is 19.4 Å². The van der Waals surface area contributed by atoms with Crippen LogP contribution in [0.2, 0.25) is 0 Å². The smallest absolute Gasteiger partial charge is 0.157 e. The fourth-order valence-corrected chi connectivity index (χ4v) is 2.77. The summed E-state index contributed by atoms with van der Waals surface area (Å²) in [7, 11) is 3.98. The first-order valence-electron chi connectivity index (χ1n) is 5.75. The number of para-hydroxylation sites is 2. The summed E-state index contributed by atoms with van der Waals surface area (Å²) in [5.74, 6) is 0.895. The molecule has 4 nitrogen and oxygen atoms in total. The molecule has 0 unspecified atom stereocenters. The average Bonchev–Trinajstić information content (AvgIpc) is 2.60. The summed E-state index contributed by atoms with van der Waals surface area (Å²) in [6, 6.07) is 8.05. The summed E-state index contributed by atoms with van der Waals surface area (Å²) in [5.41, 5.74) is 2.90. The topological polar surface area (TPSA) is 40.5 Å². The van der Waals surface area contributed by atoms with E-state index < -0.39 is 0 Å². The lowest BCUT2D eigenvalue weighted by molar-refractivity contribution is 0.622. The van der Waals surface area contributed by atoms with E-state index >= 15 is 0 Å². The van der Waals surface area contributed by atoms with E-state index in [4.69, 9.17) is 4.99 Å². The molecule has 0 aliphatic carbocycles. The van der Waals surface area contributed by atoms with Gasteiger partial charge in [-0.3, -0.25) is 0 Å². The lowest BCUT2D eigenvalue weighted by atomic mass is 10.3. The van der Waals surface area contributed by atoms with Gasteiger partial charge in [-0.2, -0.15) is 0 Å². The van der Waals surface area contributed by atoms with Crippen LogP contribution < -0.4 is 5.32 Å². The molecule has 92 valence electrons. The number of rotatable bonds is 0. The molecule has 1 aromatic carbocycles. The van der Waals surface area contributed by atoms with Crippen molar-refractivity contribution in [3.63, 3.8) is 0 Å². The zero-order valence-electron chi connectivity index (χ0n) is 10.6. The van der Waals surface area contributed by atoms with Crippen LogP contribution in [0.3, 0.4) is 0 Å². The summed E-state index contributed by atoms with van der Waals surface area (Å²) in [6.07, 6.45) is 0. The summed E-state index contributed by atoms with van der Waals surface area (Å²) in [5, 5.41) is 5.53. The van der Waals surface area contributed by atoms with E-state index in [1.807, 2.05) is 50.2 Å². The highest BCUT2D eigenvalue weighted by Gasteiger charge is 2.21. The molecular weight excluding hydrogens is 244 g/mol. The van der Waals surface area contributed by atoms with Crippen LogP contribution in [0.1, 0.15) is 10.7 Å². The number of nitrogens with one attached hydrogen (secondary N) is 1. The molecule has 0 atom stereocenters. The number of hydrogen-bond donors (Lipinski definition) is 1. The van der Waals surface area contributed by atoms with E-state index in [1.165, 1.54) is 0 Å². The predicted molar refractivity (Wildman–Crippen MR) is 76.5 cm³/mol. The number of aromatic nitrogens is 1. The lowest BCUT2D eigenvalue weighted by Gasteiger charge is -2.13. The highest BCUT2D eigenvalue weighted by atomic mass is 32.1. The van der Waals surface area contributed by atoms with E-state index in [2.05, 4.69) is 10.3 Å². The minimum atomic E-state index is 0.895. The van der Waals surface area contributed by atoms with Crippen LogP contribution in [0.25, 0.3) is 0 Å². The average molecular weight is 258 g/mol. The molecule has 18 heavy (non-hydrogen) atoms. The number of nitrogens with zero attached hydrogens (tertiary/aromatic N) is 3. The van der Waals surface area contributed by atoms with E-state index in [1.54, 1.807) is 11.3 Å². The molecule has 5 heteroatoms. The Morgan fingerprint density at radius 3 is 2.78 bits per heavy atom. The second-order valence-electron chi connectivity index (χ2n) is 4.38. The number of anilines is 2. The molecule has 0 saturated carbocycles. The Labute approximate surface area is 110 Å². The van der Waals surface area contributed by atoms with Crippen molar-refractivity contribution in [3.8, 4) is 0 Å². The third-order valence-electron chi connectivity index (χ3n) is 2.75. The first kappa shape index (κ1) is 11.2. The van der Waals surface area contributed by atoms with Crippen LogP contribution in [-0.2, 0) is 0 Å². The van der Waals surface area contributed by atoms with E-state index in [0.717, 1.165) is 32.9 Å². The minimum Gasteiger partial charge on any atom is -0.361 e. The van der Waals surface area contributed by atoms with Gasteiger partial charge in [0.1, 0.15) is 10.7 Å². The van der Waals surface area contributed by atoms with Gasteiger partial charge in [0.25, 0.3) is 0 Å². The van der Waals surface area contributed by atoms with Gasteiger partial charge in [-0.25, -0.2) is 9.98 Å². The van der Waals surface area contributed by atoms with Gasteiger partial charge in [-0.15, -0.1) is 11.3 Å². The van der Waals surface area contributed by atoms with Gasteiger partial charge in [-0.1, -0.05) is 12.1 Å². The Morgan fingerprint density at radius 2 is 2.00 bits per heavy atom. The summed E-state index contributed by atoms with van der Waals surface area (Å²) in [4.78, 5) is 11.3. The van der Waals surface area contributed by atoms with Gasteiger partial charge in [0.2, 0.25) is 0 Å². The number of hydrogen-bond acceptors (Lipinski definition) is 5. The molecule has 1 N–H and O–H groups in total. The number of benzene rings is 1. The quantitative estimate of drug-likeness (QED) is 0.789. The predicted octanol–water partition coefficient (Wildman–Crippen LogP) is 3.15. The number of thiazole rings is 1. The maximum absolute atomic E-state index is 4.72. The SMILES string of the molecule is Cc1nc2c(s1)Nc1ccccc1N=C2N(C)C. The van der Waals surface area contributed by atoms with Crippen LogP contribution in [-0.4, -0.2) is 29.8 Å². The van der Waals surface area contributed by atoms with Gasteiger partial charge >= 0.3 is 0 Å². The molecule has 0 spiro atoms. The Bertz CT molecular complexity index is 628. The van der Waals surface area contributed by atoms with Crippen LogP contribution in [0.5, 0.6) is 0 Å². The fourth-order valence-electron chi connectivity index (χ4n) is 1.94. The Balaban J connectivity index is 2.24. The standard InChI is InChI=1S/C13H14N4S/c1-8-14-11-12(17(2)3)15-9-6-4-5-7-10(9)16-13(11)18-8/h4-7,16H,1-3H3. The van der Waals surface area contributed by atoms with Gasteiger partial charge in [0.05, 0.1) is 16.4 Å². The van der Waals surface area contributed by atoms with Crippen LogP contribution >= 0.6 is 11.3 Å². The summed E-state index contributed by atoms with van der Waals surface area (Å²) >= 11 is 1.66. The molecule has 2 aromatic rings.